The molecule has 590 valence electrons. The quantitative estimate of drug-likeness (QED) is 0.124. The summed E-state index contributed by atoms with van der Waals surface area (Å²) in [4.78, 5) is 0. The first kappa shape index (κ1) is 78.4. The van der Waals surface area contributed by atoms with Crippen LogP contribution in [0.4, 0.5) is 0 Å². The van der Waals surface area contributed by atoms with Gasteiger partial charge in [0.1, 0.15) is 44.7 Å². The predicted octanol–water partition coefficient (Wildman–Crippen LogP) is 27.9. The van der Waals surface area contributed by atoms with Crippen molar-refractivity contribution in [2.75, 3.05) is 0 Å². The molecule has 0 atom stereocenters. The average molecular weight is 1550 g/mol. The molecule has 0 N–H and O–H groups in total. The van der Waals surface area contributed by atoms with Gasteiger partial charge in [-0.1, -0.05) is 181 Å². The zero-order valence-electron chi connectivity index (χ0n) is 71.6. The van der Waals surface area contributed by atoms with Crippen LogP contribution in [0, 0.1) is 69.2 Å². The molecule has 0 aliphatic rings. The molecule has 0 bridgehead atoms. The Balaban J connectivity index is 0.000000117. The van der Waals surface area contributed by atoms with E-state index < -0.39 is 0 Å². The molecule has 0 radical (unpaired) electrons. The van der Waals surface area contributed by atoms with Crippen molar-refractivity contribution >= 4 is 87.8 Å². The fraction of sp³-hybridized carbons (Fsp3) is 0.257. The minimum Gasteiger partial charge on any atom is -0.456 e. The second-order valence-electron chi connectivity index (χ2n) is 34.6. The minimum absolute atomic E-state index is 0.0994. The van der Waals surface area contributed by atoms with Gasteiger partial charge in [0.05, 0.1) is 22.0 Å². The number of hydrogen-bond acceptors (Lipinski definition) is 8. The Bertz CT molecular complexity index is 6980. The topological polar surface area (TPSA) is 121 Å². The van der Waals surface area contributed by atoms with Crippen molar-refractivity contribution in [3.8, 4) is 57.0 Å². The molecule has 0 saturated carbocycles. The van der Waals surface area contributed by atoms with E-state index in [1.807, 2.05) is 84.9 Å². The van der Waals surface area contributed by atoms with Crippen molar-refractivity contribution in [3.63, 3.8) is 0 Å². The third-order valence-electron chi connectivity index (χ3n) is 22.7. The van der Waals surface area contributed by atoms with Gasteiger partial charge in [-0.2, -0.15) is 0 Å². The standard InChI is InChI=1S/C28H28NO2.C27H26NO2.C26H24NO2.C24H28NO2/c1-16(2)27-20(6)29(28(31-27)26-17(3)10-9-11-18(26)4)23-15-22-21-12-7-8-13-24(21)30-25(22)14-19(23)5;1-17-15-24-21(20-13-9-10-14-23(20)29-24)16-22(17)28-18(2)25(19-11-7-6-8-12-19)30-26(28)27(3,4)5;1-16(2)25-18(4)27(26(29-25)19-10-6-5-7-11-19)22-15-21-20-12-8-9-13-23(20)28-24(21)14-17(22)3;1-14(2)22-16(4)25(23(27-22)24(5,6)7)19-13-18-17-10-8-9-11-20(17)26-21(18)12-15(19)3/h7-16H,1-6H3;6-16H,1-5H3;5-16H,1-4H3;8-14H,1-7H3/q4*+1. The highest BCUT2D eigenvalue weighted by molar-refractivity contribution is 6.08. The molecule has 12 nitrogen and oxygen atoms in total. The second-order valence-corrected chi connectivity index (χ2v) is 34.6. The summed E-state index contributed by atoms with van der Waals surface area (Å²) < 4.78 is 59.4. The Morgan fingerprint density at radius 1 is 0.239 bits per heavy atom. The van der Waals surface area contributed by atoms with Crippen molar-refractivity contribution in [1.82, 2.24) is 0 Å². The molecule has 0 unspecified atom stereocenters. The van der Waals surface area contributed by atoms with Gasteiger partial charge in [0, 0.05) is 141 Å². The van der Waals surface area contributed by atoms with E-state index in [9.17, 15) is 0 Å². The van der Waals surface area contributed by atoms with E-state index >= 15 is 0 Å². The molecule has 0 spiro atoms. The van der Waals surface area contributed by atoms with Crippen LogP contribution in [0.25, 0.3) is 145 Å². The molecular formula is C105H106N4O8+4. The number of benzene rings is 11. The average Bonchev–Trinajstić information content (AvgIpc) is 1.61. The van der Waals surface area contributed by atoms with Crippen molar-refractivity contribution in [2.45, 2.75) is 181 Å². The van der Waals surface area contributed by atoms with Crippen molar-refractivity contribution in [2.24, 2.45) is 0 Å². The van der Waals surface area contributed by atoms with Crippen molar-refractivity contribution in [1.29, 1.82) is 0 Å². The van der Waals surface area contributed by atoms with E-state index in [0.29, 0.717) is 17.8 Å². The van der Waals surface area contributed by atoms with Gasteiger partial charge in [-0.15, -0.1) is 18.3 Å². The summed E-state index contributed by atoms with van der Waals surface area (Å²) in [5.74, 6) is 8.62. The monoisotopic (exact) mass is 1550 g/mol. The lowest BCUT2D eigenvalue weighted by Gasteiger charge is -2.12. The molecular weight excluding hydrogens is 1450 g/mol. The van der Waals surface area contributed by atoms with Crippen LogP contribution in [0.1, 0.15) is 186 Å². The molecule has 11 aromatic carbocycles. The molecule has 0 amide bonds. The summed E-state index contributed by atoms with van der Waals surface area (Å²) in [6, 6.07) is 77.4. The lowest BCUT2D eigenvalue weighted by atomic mass is 9.96. The van der Waals surface area contributed by atoms with Gasteiger partial charge in [-0.25, -0.2) is 0 Å². The number of hydrogen-bond donors (Lipinski definition) is 0. The third-order valence-corrected chi connectivity index (χ3v) is 22.7. The summed E-state index contributed by atoms with van der Waals surface area (Å²) in [5, 5.41) is 9.08. The Labute approximate surface area is 684 Å². The van der Waals surface area contributed by atoms with Crippen LogP contribution in [0.5, 0.6) is 0 Å². The minimum atomic E-state index is -0.155. The Morgan fingerprint density at radius 3 is 0.889 bits per heavy atom. The molecule has 117 heavy (non-hydrogen) atoms. The van der Waals surface area contributed by atoms with E-state index in [0.717, 1.165) is 208 Å². The summed E-state index contributed by atoms with van der Waals surface area (Å²) in [5.41, 5.74) is 26.6. The molecule has 0 aliphatic heterocycles. The number of para-hydroxylation sites is 4. The van der Waals surface area contributed by atoms with Crippen LogP contribution in [0.3, 0.4) is 0 Å². The molecule has 8 aromatic heterocycles. The number of aromatic nitrogens is 4. The number of furan rings is 4. The maximum atomic E-state index is 6.58. The van der Waals surface area contributed by atoms with Crippen LogP contribution in [0.2, 0.25) is 0 Å². The first-order valence-corrected chi connectivity index (χ1v) is 41.0. The number of oxazole rings is 4. The maximum absolute atomic E-state index is 6.58. The number of aryl methyl sites for hydroxylation is 6. The van der Waals surface area contributed by atoms with Crippen LogP contribution >= 0.6 is 0 Å². The van der Waals surface area contributed by atoms with E-state index in [1.54, 1.807) is 0 Å². The largest absolute Gasteiger partial charge is 0.456 e. The summed E-state index contributed by atoms with van der Waals surface area (Å²) in [6.45, 7) is 47.7. The van der Waals surface area contributed by atoms with Gasteiger partial charge < -0.3 is 35.3 Å². The second kappa shape index (κ2) is 30.6. The fourth-order valence-corrected chi connectivity index (χ4v) is 17.0. The third kappa shape index (κ3) is 14.2. The van der Waals surface area contributed by atoms with Gasteiger partial charge in [0.2, 0.25) is 51.3 Å². The summed E-state index contributed by atoms with van der Waals surface area (Å²) in [7, 11) is 0. The molecule has 0 fully saturated rings. The van der Waals surface area contributed by atoms with Crippen molar-refractivity contribution in [3.05, 3.63) is 310 Å². The normalized spacial score (nSPS) is 12.1. The van der Waals surface area contributed by atoms with Crippen LogP contribution < -0.4 is 18.3 Å². The lowest BCUT2D eigenvalue weighted by molar-refractivity contribution is -0.619. The van der Waals surface area contributed by atoms with Gasteiger partial charge in [-0.05, 0) is 155 Å². The first-order chi connectivity index (χ1) is 55.9. The van der Waals surface area contributed by atoms with E-state index in [4.69, 9.17) is 35.3 Å². The highest BCUT2D eigenvalue weighted by Crippen LogP contribution is 2.41. The molecule has 8 heterocycles. The number of rotatable bonds is 10. The van der Waals surface area contributed by atoms with E-state index in [1.165, 1.54) is 22.4 Å². The zero-order valence-corrected chi connectivity index (χ0v) is 71.6. The first-order valence-electron chi connectivity index (χ1n) is 41.0. The number of nitrogens with zero attached hydrogens (tertiary/aromatic N) is 4. The Hall–Kier alpha value is -12.5. The lowest BCUT2D eigenvalue weighted by Crippen LogP contribution is -2.41. The Morgan fingerprint density at radius 2 is 0.530 bits per heavy atom. The van der Waals surface area contributed by atoms with Crippen LogP contribution in [-0.4, -0.2) is 0 Å². The smallest absolute Gasteiger partial charge is 0.387 e. The fourth-order valence-electron chi connectivity index (χ4n) is 17.0. The SMILES string of the molecule is Cc1cc2oc3ccccc3c2cc1-[n+]1c(-c2c(C)cccc2C)oc(C(C)C)c1C.Cc1cc2oc3ccccc3c2cc1-[n+]1c(-c2ccccc2)oc(C(C)C)c1C.Cc1cc2oc3ccccc3c2cc1-[n+]1c(C(C)(C)C)oc(-c2ccccc2)c1C.Cc1cc2oc3ccccc3c2cc1-[n+]1c(C(C)(C)C)oc(C(C)C)c1C. The molecule has 19 rings (SSSR count). The highest BCUT2D eigenvalue weighted by atomic mass is 16.4. The maximum Gasteiger partial charge on any atom is 0.387 e. The van der Waals surface area contributed by atoms with Crippen LogP contribution in [0.15, 0.2) is 260 Å². The molecule has 0 saturated heterocycles. The van der Waals surface area contributed by atoms with Crippen LogP contribution in [-0.2, 0) is 10.8 Å². The van der Waals surface area contributed by atoms with Gasteiger partial charge in [0.25, 0.3) is 0 Å². The van der Waals surface area contributed by atoms with Gasteiger partial charge in [0.15, 0.2) is 17.3 Å². The number of fused-ring (bicyclic) bond motifs is 12. The predicted molar refractivity (Wildman–Crippen MR) is 473 cm³/mol. The van der Waals surface area contributed by atoms with Crippen molar-refractivity contribution < 1.29 is 53.6 Å². The molecule has 12 heteroatoms. The highest BCUT2D eigenvalue weighted by Gasteiger charge is 2.41. The zero-order chi connectivity index (χ0) is 82.5. The summed E-state index contributed by atoms with van der Waals surface area (Å²) in [6.07, 6.45) is 0. The molecule has 19 aromatic rings. The molecule has 0 aliphatic carbocycles. The van der Waals surface area contributed by atoms with E-state index in [2.05, 4.69) is 310 Å². The van der Waals surface area contributed by atoms with Gasteiger partial charge in [-0.3, -0.25) is 0 Å². The Kier molecular flexibility index (Phi) is 20.5. The summed E-state index contributed by atoms with van der Waals surface area (Å²) >= 11 is 0. The van der Waals surface area contributed by atoms with Gasteiger partial charge >= 0.3 is 23.6 Å². The van der Waals surface area contributed by atoms with E-state index in [-0.39, 0.29) is 10.8 Å².